The first-order valence-corrected chi connectivity index (χ1v) is 22.6. The normalized spacial score (nSPS) is 24.0. The van der Waals surface area contributed by atoms with Crippen LogP contribution in [0.15, 0.2) is 109 Å². The topological polar surface area (TPSA) is 132 Å². The van der Waals surface area contributed by atoms with Gasteiger partial charge in [-0.15, -0.1) is 0 Å². The highest BCUT2D eigenvalue weighted by Crippen LogP contribution is 2.41. The van der Waals surface area contributed by atoms with Gasteiger partial charge in [-0.25, -0.2) is 0 Å². The molecule has 0 heterocycles. The fraction of sp³-hybridized carbons (Fsp3) is 0.569. The molecule has 0 bridgehead atoms. The number of aliphatic hydroxyl groups is 3. The second-order valence-electron chi connectivity index (χ2n) is 17.4. The van der Waals surface area contributed by atoms with Crippen molar-refractivity contribution < 1.29 is 61.4 Å². The van der Waals surface area contributed by atoms with Gasteiger partial charge >= 0.3 is 11.9 Å². The van der Waals surface area contributed by atoms with E-state index in [0.29, 0.717) is 62.9 Å². The minimum absolute atomic E-state index is 0.103. The van der Waals surface area contributed by atoms with Gasteiger partial charge in [0.25, 0.3) is 11.8 Å². The number of hydrogen-bond acceptors (Lipinski definition) is 9. The first kappa shape index (κ1) is 53.9. The van der Waals surface area contributed by atoms with Crippen molar-refractivity contribution in [1.29, 1.82) is 0 Å². The van der Waals surface area contributed by atoms with Gasteiger partial charge < -0.3 is 34.3 Å². The minimum Gasteiger partial charge on any atom is -0.487 e. The molecule has 64 heavy (non-hydrogen) atoms. The van der Waals surface area contributed by atoms with Crippen LogP contribution in [0.3, 0.4) is 0 Å². The van der Waals surface area contributed by atoms with Crippen molar-refractivity contribution in [3.63, 3.8) is 0 Å². The Balaban J connectivity index is 0.000000340. The van der Waals surface area contributed by atoms with Crippen LogP contribution in [0.4, 0.5) is 17.6 Å². The number of carbonyl (C=O) groups is 2. The largest absolute Gasteiger partial charge is 0.487 e. The molecule has 9 nitrogen and oxygen atoms in total. The van der Waals surface area contributed by atoms with Crippen molar-refractivity contribution in [2.45, 2.75) is 141 Å². The van der Waals surface area contributed by atoms with E-state index < -0.39 is 49.3 Å². The molecule has 0 aromatic heterocycles. The maximum atomic E-state index is 14.3. The Morgan fingerprint density at radius 2 is 1.03 bits per heavy atom. The van der Waals surface area contributed by atoms with Crippen LogP contribution in [0, 0.1) is 29.6 Å². The minimum atomic E-state index is -3.20. The Morgan fingerprint density at radius 3 is 1.47 bits per heavy atom. The number of rotatable bonds is 24. The third-order valence-electron chi connectivity index (χ3n) is 11.0. The molecule has 0 unspecified atom stereocenters. The van der Waals surface area contributed by atoms with Gasteiger partial charge in [0, 0.05) is 25.2 Å². The predicted octanol–water partition coefficient (Wildman–Crippen LogP) is 10.6. The molecular formula is C51H70F4O9. The summed E-state index contributed by atoms with van der Waals surface area (Å²) < 4.78 is 77.7. The van der Waals surface area contributed by atoms with Gasteiger partial charge in [-0.2, -0.15) is 17.6 Å². The molecule has 13 heteroatoms. The molecule has 4 rings (SSSR count). The lowest BCUT2D eigenvalue weighted by Gasteiger charge is -2.21. The number of alkyl halides is 4. The molecule has 2 aliphatic rings. The quantitative estimate of drug-likeness (QED) is 0.0408. The Labute approximate surface area is 377 Å². The molecule has 2 saturated carbocycles. The first-order valence-electron chi connectivity index (χ1n) is 22.6. The van der Waals surface area contributed by atoms with Gasteiger partial charge in [-0.05, 0) is 133 Å². The van der Waals surface area contributed by atoms with Gasteiger partial charge in [-0.3, -0.25) is 9.59 Å². The highest BCUT2D eigenvalue weighted by Gasteiger charge is 2.41. The summed E-state index contributed by atoms with van der Waals surface area (Å²) >= 11 is 0. The van der Waals surface area contributed by atoms with Crippen molar-refractivity contribution in [3.05, 3.63) is 109 Å². The maximum Gasteiger partial charge on any atom is 0.306 e. The number of hydrogen-bond donors (Lipinski definition) is 3. The fourth-order valence-electron chi connectivity index (χ4n) is 7.85. The SMILES string of the molecule is CC(C)OC(=O)CCC/C=C\C[C@@H]1[C@@H](/C=C/C(F)(F)COc2ccccc2)[C@H](C)C[C@@H]1O.CC(C)OC(=O)CCC/C=C\C[C@@H]1[C@@H](/C=C/C(F)(F)COc2ccccc2)[C@H](O)C[C@@H]1O. The lowest BCUT2D eigenvalue weighted by Crippen LogP contribution is -2.25. The summed E-state index contributed by atoms with van der Waals surface area (Å²) in [5.74, 6) is -6.98. The standard InChI is InChI=1S/C26H36F2O4.C25H34F2O5/c1-19(2)32-25(30)14-10-5-4-9-13-23-22(20(3)17-24(23)29)15-16-26(27,28)18-31-21-11-7-6-8-12-21;1-18(2)32-24(30)13-9-4-3-8-12-20-21(23(29)16-22(20)28)14-15-25(26,27)17-31-19-10-6-5-7-11-19/h4,6-9,11-12,15-16,19-20,22-24,29H,5,10,13-14,17-18H2,1-3H3;3,5-8,10-11,14-15,18,20-23,28-29H,4,9,12-13,16-17H2,1-2H3/b9-4-,16-15+;8-3-,15-14+/t20-,22+,23-,24+;20-,21-,22+,23-/m11/s1. The molecule has 2 aromatic carbocycles. The molecule has 0 radical (unpaired) electrons. The van der Waals surface area contributed by atoms with E-state index in [1.807, 2.05) is 45.1 Å². The summed E-state index contributed by atoms with van der Waals surface area (Å²) in [6.45, 7) is 7.71. The van der Waals surface area contributed by atoms with Gasteiger partial charge in [0.15, 0.2) is 13.2 Å². The number of aliphatic hydroxyl groups excluding tert-OH is 3. The highest BCUT2D eigenvalue weighted by atomic mass is 19.3. The second-order valence-corrected chi connectivity index (χ2v) is 17.4. The lowest BCUT2D eigenvalue weighted by atomic mass is 9.87. The first-order chi connectivity index (χ1) is 30.4. The van der Waals surface area contributed by atoms with Crippen LogP contribution in [-0.4, -0.2) is 82.8 Å². The molecule has 0 aliphatic heterocycles. The number of esters is 2. The van der Waals surface area contributed by atoms with Crippen molar-refractivity contribution in [2.24, 2.45) is 29.6 Å². The smallest absolute Gasteiger partial charge is 0.306 e. The summed E-state index contributed by atoms with van der Waals surface area (Å²) in [4.78, 5) is 23.1. The molecule has 2 fully saturated rings. The fourth-order valence-corrected chi connectivity index (χ4v) is 7.85. The Hall–Kier alpha value is -4.46. The molecule has 8 atom stereocenters. The summed E-state index contributed by atoms with van der Waals surface area (Å²) in [7, 11) is 0. The lowest BCUT2D eigenvalue weighted by molar-refractivity contribution is -0.148. The number of allylic oxidation sites excluding steroid dienone is 5. The zero-order valence-corrected chi connectivity index (χ0v) is 38.0. The average Bonchev–Trinajstić information content (AvgIpc) is 3.67. The zero-order chi connectivity index (χ0) is 47.1. The number of halogens is 4. The number of benzene rings is 2. The van der Waals surface area contributed by atoms with E-state index in [-0.39, 0.29) is 54.2 Å². The van der Waals surface area contributed by atoms with Crippen LogP contribution in [0.1, 0.15) is 98.8 Å². The van der Waals surface area contributed by atoms with Crippen LogP contribution in [0.25, 0.3) is 0 Å². The number of ether oxygens (including phenoxy) is 4. The van der Waals surface area contributed by atoms with E-state index in [1.165, 1.54) is 6.08 Å². The van der Waals surface area contributed by atoms with E-state index in [0.717, 1.165) is 18.6 Å². The molecule has 0 saturated heterocycles. The van der Waals surface area contributed by atoms with Crippen molar-refractivity contribution >= 4 is 11.9 Å². The number of para-hydroxylation sites is 2. The van der Waals surface area contributed by atoms with Crippen molar-refractivity contribution in [1.82, 2.24) is 0 Å². The zero-order valence-electron chi connectivity index (χ0n) is 38.0. The molecule has 3 N–H and O–H groups in total. The van der Waals surface area contributed by atoms with Gasteiger partial charge in [0.1, 0.15) is 11.5 Å². The van der Waals surface area contributed by atoms with Crippen molar-refractivity contribution in [2.75, 3.05) is 13.2 Å². The van der Waals surface area contributed by atoms with Crippen molar-refractivity contribution in [3.8, 4) is 11.5 Å². The van der Waals surface area contributed by atoms with E-state index >= 15 is 0 Å². The highest BCUT2D eigenvalue weighted by molar-refractivity contribution is 5.69. The molecule has 2 aromatic rings. The second kappa shape index (κ2) is 27.8. The van der Waals surface area contributed by atoms with E-state index in [9.17, 15) is 42.5 Å². The third kappa shape index (κ3) is 21.0. The molecule has 0 spiro atoms. The van der Waals surface area contributed by atoms with Gasteiger partial charge in [0.2, 0.25) is 0 Å². The predicted molar refractivity (Wildman–Crippen MR) is 240 cm³/mol. The molecule has 356 valence electrons. The van der Waals surface area contributed by atoms with Crippen LogP contribution in [-0.2, 0) is 19.1 Å². The summed E-state index contributed by atoms with van der Waals surface area (Å²) in [6.07, 6.45) is 15.2. The van der Waals surface area contributed by atoms with Crippen LogP contribution < -0.4 is 9.47 Å². The van der Waals surface area contributed by atoms with Crippen LogP contribution in [0.5, 0.6) is 11.5 Å². The molecule has 0 amide bonds. The average molecular weight is 903 g/mol. The Morgan fingerprint density at radius 1 is 0.625 bits per heavy atom. The Kier molecular flexibility index (Phi) is 23.4. The molecular weight excluding hydrogens is 833 g/mol. The van der Waals surface area contributed by atoms with E-state index in [1.54, 1.807) is 80.6 Å². The number of unbranched alkanes of at least 4 members (excludes halogenated alkanes) is 2. The van der Waals surface area contributed by atoms with Gasteiger partial charge in [-0.1, -0.05) is 79.8 Å². The monoisotopic (exact) mass is 902 g/mol. The summed E-state index contributed by atoms with van der Waals surface area (Å²) in [6, 6.07) is 16.9. The van der Waals surface area contributed by atoms with Crippen LogP contribution >= 0.6 is 0 Å². The van der Waals surface area contributed by atoms with E-state index in [2.05, 4.69) is 0 Å². The maximum absolute atomic E-state index is 14.3. The Bertz CT molecular complexity index is 1620. The molecule has 2 aliphatic carbocycles. The summed E-state index contributed by atoms with van der Waals surface area (Å²) in [5.41, 5.74) is 0. The van der Waals surface area contributed by atoms with Crippen LogP contribution in [0.2, 0.25) is 0 Å². The third-order valence-corrected chi connectivity index (χ3v) is 11.0. The van der Waals surface area contributed by atoms with E-state index in [4.69, 9.17) is 18.9 Å². The van der Waals surface area contributed by atoms with Gasteiger partial charge in [0.05, 0.1) is 30.5 Å². The number of carbonyl (C=O) groups excluding carboxylic acids is 2. The summed E-state index contributed by atoms with van der Waals surface area (Å²) in [5, 5.41) is 30.9.